The lowest BCUT2D eigenvalue weighted by atomic mass is 9.70. The molecular formula is C21H30O3. The largest absolute Gasteiger partial charge is 0.507 e. The van der Waals surface area contributed by atoms with E-state index >= 15 is 0 Å². The molecule has 0 spiro atoms. The Bertz CT molecular complexity index is 621. The Morgan fingerprint density at radius 2 is 1.88 bits per heavy atom. The first-order valence-corrected chi connectivity index (χ1v) is 8.90. The molecule has 0 aromatic heterocycles. The van der Waals surface area contributed by atoms with Gasteiger partial charge in [0, 0.05) is 11.5 Å². The Kier molecular flexibility index (Phi) is 5.76. The van der Waals surface area contributed by atoms with E-state index in [1.54, 1.807) is 19.1 Å². The summed E-state index contributed by atoms with van der Waals surface area (Å²) < 4.78 is 0. The molecule has 0 fully saturated rings. The highest BCUT2D eigenvalue weighted by molar-refractivity contribution is 5.53. The number of aryl methyl sites for hydroxylation is 1. The first kappa shape index (κ1) is 18.6. The molecule has 0 aliphatic heterocycles. The van der Waals surface area contributed by atoms with E-state index in [9.17, 15) is 15.3 Å². The molecule has 1 aromatic carbocycles. The number of benzene rings is 1. The maximum Gasteiger partial charge on any atom is 0.123 e. The Morgan fingerprint density at radius 1 is 1.25 bits per heavy atom. The van der Waals surface area contributed by atoms with Crippen LogP contribution in [0.1, 0.15) is 69.9 Å². The molecule has 24 heavy (non-hydrogen) atoms. The fraction of sp³-hybridized carbons (Fsp3) is 0.524. The predicted octanol–water partition coefficient (Wildman–Crippen LogP) is 4.96. The molecule has 132 valence electrons. The number of rotatable bonds is 6. The number of hydrogen-bond donors (Lipinski definition) is 3. The summed E-state index contributed by atoms with van der Waals surface area (Å²) in [6.45, 7) is 9.90. The normalized spacial score (nSPS) is 23.8. The van der Waals surface area contributed by atoms with Crippen LogP contribution in [0.5, 0.6) is 11.5 Å². The molecule has 1 aliphatic rings. The molecule has 1 aromatic rings. The lowest BCUT2D eigenvalue weighted by Crippen LogP contribution is -2.38. The first-order valence-electron chi connectivity index (χ1n) is 8.90. The second-order valence-electron chi connectivity index (χ2n) is 7.20. The molecule has 2 rings (SSSR count). The lowest BCUT2D eigenvalue weighted by Gasteiger charge is -2.39. The van der Waals surface area contributed by atoms with Crippen molar-refractivity contribution in [3.63, 3.8) is 0 Å². The van der Waals surface area contributed by atoms with Crippen molar-refractivity contribution in [1.29, 1.82) is 0 Å². The number of unbranched alkanes of at least 4 members (excludes halogenated alkanes) is 2. The van der Waals surface area contributed by atoms with Crippen LogP contribution in [0.3, 0.4) is 0 Å². The van der Waals surface area contributed by atoms with Gasteiger partial charge in [0.1, 0.15) is 11.5 Å². The van der Waals surface area contributed by atoms with Crippen molar-refractivity contribution in [2.75, 3.05) is 0 Å². The Balaban J connectivity index is 2.42. The van der Waals surface area contributed by atoms with Gasteiger partial charge in [0.05, 0.1) is 5.60 Å². The number of hydrogen-bond acceptors (Lipinski definition) is 3. The fourth-order valence-corrected chi connectivity index (χ4v) is 3.57. The van der Waals surface area contributed by atoms with Gasteiger partial charge in [-0.25, -0.2) is 0 Å². The zero-order valence-corrected chi connectivity index (χ0v) is 15.1. The van der Waals surface area contributed by atoms with Gasteiger partial charge in [0.2, 0.25) is 0 Å². The molecule has 0 bridgehead atoms. The van der Waals surface area contributed by atoms with Crippen LogP contribution in [0, 0.1) is 0 Å². The maximum absolute atomic E-state index is 11.1. The Hall–Kier alpha value is -1.74. The minimum Gasteiger partial charge on any atom is -0.507 e. The van der Waals surface area contributed by atoms with E-state index in [4.69, 9.17) is 0 Å². The van der Waals surface area contributed by atoms with Gasteiger partial charge in [-0.3, -0.25) is 0 Å². The number of phenolic OH excluding ortho intramolecular Hbond substituents is 2. The molecule has 2 atom stereocenters. The Morgan fingerprint density at radius 3 is 2.42 bits per heavy atom. The molecule has 0 radical (unpaired) electrons. The summed E-state index contributed by atoms with van der Waals surface area (Å²) in [5, 5.41) is 32.2. The quantitative estimate of drug-likeness (QED) is 0.510. The Labute approximate surface area is 145 Å². The van der Waals surface area contributed by atoms with Crippen molar-refractivity contribution in [1.82, 2.24) is 0 Å². The molecule has 0 saturated carbocycles. The smallest absolute Gasteiger partial charge is 0.123 e. The maximum atomic E-state index is 11.1. The van der Waals surface area contributed by atoms with Crippen LogP contribution >= 0.6 is 0 Å². The number of allylic oxidation sites excluding steroid dienone is 1. The highest BCUT2D eigenvalue weighted by Crippen LogP contribution is 2.48. The van der Waals surface area contributed by atoms with Crippen LogP contribution in [0.4, 0.5) is 0 Å². The van der Waals surface area contributed by atoms with E-state index in [-0.39, 0.29) is 11.5 Å². The number of aliphatic hydroxyl groups is 1. The zero-order chi connectivity index (χ0) is 17.9. The summed E-state index contributed by atoms with van der Waals surface area (Å²) >= 11 is 0. The van der Waals surface area contributed by atoms with Crippen molar-refractivity contribution in [2.45, 2.75) is 70.8 Å². The van der Waals surface area contributed by atoms with Gasteiger partial charge in [0.15, 0.2) is 0 Å². The van der Waals surface area contributed by atoms with Gasteiger partial charge in [-0.2, -0.15) is 0 Å². The molecule has 3 nitrogen and oxygen atoms in total. The molecule has 0 saturated heterocycles. The molecule has 3 heteroatoms. The molecule has 3 N–H and O–H groups in total. The second-order valence-corrected chi connectivity index (χ2v) is 7.20. The van der Waals surface area contributed by atoms with Crippen LogP contribution in [0.15, 0.2) is 35.9 Å². The number of phenols is 2. The summed E-state index contributed by atoms with van der Waals surface area (Å²) in [7, 11) is 0. The number of aromatic hydroxyl groups is 2. The summed E-state index contributed by atoms with van der Waals surface area (Å²) in [4.78, 5) is 0. The standard InChI is InChI=1S/C21H30O3/c1-5-6-7-8-16-12-18(22)20(19(23)13-16)17-11-15(4)9-10-21(17,24)14(2)3/h11-13,17,22-24H,2,5-10H2,1,3-4H3/t17-,21+/m0/s1. The van der Waals surface area contributed by atoms with E-state index < -0.39 is 11.5 Å². The van der Waals surface area contributed by atoms with Crippen molar-refractivity contribution >= 4 is 0 Å². The van der Waals surface area contributed by atoms with Gasteiger partial charge in [-0.1, -0.05) is 38.0 Å². The minimum absolute atomic E-state index is 0.0529. The molecular weight excluding hydrogens is 300 g/mol. The predicted molar refractivity (Wildman–Crippen MR) is 98.5 cm³/mol. The average molecular weight is 330 g/mol. The van der Waals surface area contributed by atoms with Crippen LogP contribution in [-0.4, -0.2) is 20.9 Å². The average Bonchev–Trinajstić information content (AvgIpc) is 2.50. The van der Waals surface area contributed by atoms with Gasteiger partial charge < -0.3 is 15.3 Å². The molecule has 1 aliphatic carbocycles. The minimum atomic E-state index is -1.14. The van der Waals surface area contributed by atoms with Gasteiger partial charge in [-0.15, -0.1) is 0 Å². The van der Waals surface area contributed by atoms with Gasteiger partial charge >= 0.3 is 0 Å². The SMILES string of the molecule is C=C(C)[C@]1(O)CCC(C)=C[C@H]1c1c(O)cc(CCCCC)cc1O. The van der Waals surface area contributed by atoms with Crippen molar-refractivity contribution in [3.8, 4) is 11.5 Å². The zero-order valence-electron chi connectivity index (χ0n) is 15.1. The van der Waals surface area contributed by atoms with Crippen LogP contribution in [0.25, 0.3) is 0 Å². The van der Waals surface area contributed by atoms with E-state index in [1.165, 1.54) is 0 Å². The van der Waals surface area contributed by atoms with E-state index in [0.717, 1.165) is 43.2 Å². The lowest BCUT2D eigenvalue weighted by molar-refractivity contribution is 0.0480. The third-order valence-corrected chi connectivity index (χ3v) is 5.18. The summed E-state index contributed by atoms with van der Waals surface area (Å²) in [5.74, 6) is -0.373. The van der Waals surface area contributed by atoms with Gasteiger partial charge in [-0.05, 0) is 62.8 Å². The molecule has 0 unspecified atom stereocenters. The van der Waals surface area contributed by atoms with Crippen molar-refractivity contribution < 1.29 is 15.3 Å². The third kappa shape index (κ3) is 3.67. The molecule has 0 heterocycles. The van der Waals surface area contributed by atoms with E-state index in [0.29, 0.717) is 17.6 Å². The van der Waals surface area contributed by atoms with Crippen LogP contribution < -0.4 is 0 Å². The monoisotopic (exact) mass is 330 g/mol. The van der Waals surface area contributed by atoms with Gasteiger partial charge in [0.25, 0.3) is 0 Å². The topological polar surface area (TPSA) is 60.7 Å². The second kappa shape index (κ2) is 7.43. The fourth-order valence-electron chi connectivity index (χ4n) is 3.57. The summed E-state index contributed by atoms with van der Waals surface area (Å²) in [6.07, 6.45) is 7.41. The van der Waals surface area contributed by atoms with Crippen LogP contribution in [-0.2, 0) is 6.42 Å². The van der Waals surface area contributed by atoms with E-state index in [1.807, 2.05) is 13.0 Å². The highest BCUT2D eigenvalue weighted by Gasteiger charge is 2.41. The van der Waals surface area contributed by atoms with Crippen molar-refractivity contribution in [3.05, 3.63) is 47.1 Å². The van der Waals surface area contributed by atoms with E-state index in [2.05, 4.69) is 13.5 Å². The first-order chi connectivity index (χ1) is 11.3. The van der Waals surface area contributed by atoms with Crippen molar-refractivity contribution in [2.24, 2.45) is 0 Å². The summed E-state index contributed by atoms with van der Waals surface area (Å²) in [6, 6.07) is 3.45. The molecule has 0 amide bonds. The summed E-state index contributed by atoms with van der Waals surface area (Å²) in [5.41, 5.74) is 1.99. The highest BCUT2D eigenvalue weighted by atomic mass is 16.3. The third-order valence-electron chi connectivity index (χ3n) is 5.18. The van der Waals surface area contributed by atoms with Crippen LogP contribution in [0.2, 0.25) is 0 Å².